The maximum atomic E-state index is 5.60. The normalized spacial score (nSPS) is 12.6. The van der Waals surface area contributed by atoms with Gasteiger partial charge in [-0.2, -0.15) is 5.10 Å². The van der Waals surface area contributed by atoms with Crippen LogP contribution in [-0.2, 0) is 26.6 Å². The zero-order valence-electron chi connectivity index (χ0n) is 19.7. The summed E-state index contributed by atoms with van der Waals surface area (Å²) >= 11 is 0. The van der Waals surface area contributed by atoms with Gasteiger partial charge in [-0.1, -0.05) is 51.0 Å². The van der Waals surface area contributed by atoms with Crippen LogP contribution in [-0.4, -0.2) is 23.3 Å². The van der Waals surface area contributed by atoms with Crippen molar-refractivity contribution >= 4 is 0 Å². The van der Waals surface area contributed by atoms with Crippen molar-refractivity contribution in [3.63, 3.8) is 0 Å². The zero-order chi connectivity index (χ0) is 22.3. The van der Waals surface area contributed by atoms with Crippen molar-refractivity contribution < 1.29 is 14.2 Å². The fourth-order valence-electron chi connectivity index (χ4n) is 4.51. The van der Waals surface area contributed by atoms with Crippen LogP contribution in [0, 0.1) is 0 Å². The van der Waals surface area contributed by atoms with Gasteiger partial charge in [0, 0.05) is 18.7 Å². The van der Waals surface area contributed by atoms with Gasteiger partial charge < -0.3 is 9.47 Å². The van der Waals surface area contributed by atoms with Crippen molar-refractivity contribution in [3.05, 3.63) is 65.4 Å². The molecule has 0 spiro atoms. The summed E-state index contributed by atoms with van der Waals surface area (Å²) in [5, 5.41) is 3.69. The Bertz CT molecular complexity index is 1010. The monoisotopic (exact) mass is 434 g/mol. The summed E-state index contributed by atoms with van der Waals surface area (Å²) in [6, 6.07) is 17.1. The Balaban J connectivity index is 1.61. The Kier molecular flexibility index (Phi) is 7.48. The molecule has 0 unspecified atom stereocenters. The lowest BCUT2D eigenvalue weighted by molar-refractivity contribution is -0.717. The van der Waals surface area contributed by atoms with Crippen LogP contribution in [0.3, 0.4) is 0 Å². The first-order chi connectivity index (χ1) is 15.7. The van der Waals surface area contributed by atoms with Crippen LogP contribution < -0.4 is 14.2 Å². The summed E-state index contributed by atoms with van der Waals surface area (Å²) in [4.78, 5) is 2.55. The van der Waals surface area contributed by atoms with E-state index in [0.29, 0.717) is 6.79 Å². The van der Waals surface area contributed by atoms with Gasteiger partial charge in [-0.05, 0) is 55.6 Å². The smallest absolute Gasteiger partial charge is 0.241 e. The SMILES string of the molecule is CCCCc1c(CN(CCCC)Cc2ccc3c(c2)OCO3)[nH][n+](C)c1-c1ccccc1. The van der Waals surface area contributed by atoms with E-state index in [9.17, 15) is 0 Å². The second-order valence-corrected chi connectivity index (χ2v) is 8.70. The number of benzene rings is 2. The van der Waals surface area contributed by atoms with Crippen molar-refractivity contribution in [2.75, 3.05) is 13.3 Å². The molecule has 0 fully saturated rings. The van der Waals surface area contributed by atoms with Gasteiger partial charge in [-0.25, -0.2) is 0 Å². The summed E-state index contributed by atoms with van der Waals surface area (Å²) < 4.78 is 13.3. The first kappa shape index (κ1) is 22.4. The Morgan fingerprint density at radius 3 is 2.50 bits per heavy atom. The fraction of sp³-hybridized carbons (Fsp3) is 0.444. The van der Waals surface area contributed by atoms with Crippen molar-refractivity contribution in [1.82, 2.24) is 10.00 Å². The molecule has 2 aromatic carbocycles. The summed E-state index contributed by atoms with van der Waals surface area (Å²) in [6.45, 7) is 7.72. The molecule has 3 aromatic rings. The molecule has 0 amide bonds. The molecule has 1 aromatic heterocycles. The molecular formula is C27H36N3O2+. The largest absolute Gasteiger partial charge is 0.454 e. The number of hydrogen-bond donors (Lipinski definition) is 1. The van der Waals surface area contributed by atoms with Crippen LogP contribution in [0.1, 0.15) is 56.4 Å². The van der Waals surface area contributed by atoms with E-state index in [4.69, 9.17) is 9.47 Å². The maximum absolute atomic E-state index is 5.60. The Morgan fingerprint density at radius 1 is 0.938 bits per heavy atom. The number of ether oxygens (including phenoxy) is 2. The van der Waals surface area contributed by atoms with Gasteiger partial charge in [0.1, 0.15) is 0 Å². The van der Waals surface area contributed by atoms with Crippen molar-refractivity contribution in [2.24, 2.45) is 7.05 Å². The Hall–Kier alpha value is -2.79. The molecule has 1 aliphatic heterocycles. The van der Waals surface area contributed by atoms with E-state index in [2.05, 4.69) is 78.0 Å². The van der Waals surface area contributed by atoms with Crippen LogP contribution in [0.5, 0.6) is 11.5 Å². The first-order valence-corrected chi connectivity index (χ1v) is 12.0. The molecule has 0 saturated carbocycles. The van der Waals surface area contributed by atoms with Gasteiger partial charge >= 0.3 is 0 Å². The fourth-order valence-corrected chi connectivity index (χ4v) is 4.51. The number of nitrogens with zero attached hydrogens (tertiary/aromatic N) is 2. The maximum Gasteiger partial charge on any atom is 0.241 e. The molecule has 0 radical (unpaired) electrons. The van der Waals surface area contributed by atoms with Crippen LogP contribution in [0.4, 0.5) is 0 Å². The molecule has 0 atom stereocenters. The van der Waals surface area contributed by atoms with E-state index in [-0.39, 0.29) is 0 Å². The number of unbranched alkanes of at least 4 members (excludes halogenated alkanes) is 2. The second-order valence-electron chi connectivity index (χ2n) is 8.70. The molecule has 2 heterocycles. The number of hydrogen-bond acceptors (Lipinski definition) is 3. The van der Waals surface area contributed by atoms with Crippen molar-refractivity contribution in [3.8, 4) is 22.8 Å². The molecule has 1 aliphatic rings. The summed E-state index contributed by atoms with van der Waals surface area (Å²) in [7, 11) is 2.13. The minimum Gasteiger partial charge on any atom is -0.454 e. The van der Waals surface area contributed by atoms with Crippen molar-refractivity contribution in [2.45, 2.75) is 59.0 Å². The van der Waals surface area contributed by atoms with Gasteiger partial charge in [-0.3, -0.25) is 4.90 Å². The highest BCUT2D eigenvalue weighted by molar-refractivity contribution is 5.61. The molecule has 0 bridgehead atoms. The second kappa shape index (κ2) is 10.7. The number of aryl methyl sites for hydroxylation is 1. The summed E-state index contributed by atoms with van der Waals surface area (Å²) in [6.07, 6.45) is 5.86. The van der Waals surface area contributed by atoms with Gasteiger partial charge in [0.15, 0.2) is 18.5 Å². The predicted octanol–water partition coefficient (Wildman–Crippen LogP) is 5.38. The third-order valence-corrected chi connectivity index (χ3v) is 6.17. The molecular weight excluding hydrogens is 398 g/mol. The topological polar surface area (TPSA) is 41.4 Å². The number of aromatic amines is 1. The lowest BCUT2D eigenvalue weighted by Gasteiger charge is -2.22. The van der Waals surface area contributed by atoms with E-state index in [1.54, 1.807) is 0 Å². The van der Waals surface area contributed by atoms with E-state index < -0.39 is 0 Å². The molecule has 170 valence electrons. The minimum atomic E-state index is 0.320. The van der Waals surface area contributed by atoms with E-state index in [1.807, 2.05) is 6.07 Å². The predicted molar refractivity (Wildman–Crippen MR) is 128 cm³/mol. The molecule has 0 saturated heterocycles. The Morgan fingerprint density at radius 2 is 1.72 bits per heavy atom. The van der Waals surface area contributed by atoms with Crippen molar-refractivity contribution in [1.29, 1.82) is 0 Å². The highest BCUT2D eigenvalue weighted by Gasteiger charge is 2.25. The minimum absolute atomic E-state index is 0.320. The van der Waals surface area contributed by atoms with Gasteiger partial charge in [0.05, 0.1) is 11.3 Å². The summed E-state index contributed by atoms with van der Waals surface area (Å²) in [5.74, 6) is 1.71. The summed E-state index contributed by atoms with van der Waals surface area (Å²) in [5.41, 5.74) is 6.64. The zero-order valence-corrected chi connectivity index (χ0v) is 19.7. The van der Waals surface area contributed by atoms with Gasteiger partial charge in [-0.15, -0.1) is 4.68 Å². The van der Waals surface area contributed by atoms with E-state index in [1.165, 1.54) is 53.8 Å². The molecule has 0 aliphatic carbocycles. The number of rotatable bonds is 11. The number of fused-ring (bicyclic) bond motifs is 1. The quantitative estimate of drug-likeness (QED) is 0.412. The van der Waals surface area contributed by atoms with Gasteiger partial charge in [0.25, 0.3) is 0 Å². The highest BCUT2D eigenvalue weighted by Crippen LogP contribution is 2.33. The number of H-pyrrole nitrogens is 1. The Labute approximate surface area is 192 Å². The molecule has 5 heteroatoms. The number of aromatic nitrogens is 2. The average molecular weight is 435 g/mol. The van der Waals surface area contributed by atoms with E-state index >= 15 is 0 Å². The highest BCUT2D eigenvalue weighted by atomic mass is 16.7. The molecule has 5 nitrogen and oxygen atoms in total. The first-order valence-electron chi connectivity index (χ1n) is 12.0. The van der Waals surface area contributed by atoms with Crippen LogP contribution >= 0.6 is 0 Å². The van der Waals surface area contributed by atoms with Crippen LogP contribution in [0.15, 0.2) is 48.5 Å². The van der Waals surface area contributed by atoms with E-state index in [0.717, 1.165) is 37.6 Å². The third-order valence-electron chi connectivity index (χ3n) is 6.17. The molecule has 32 heavy (non-hydrogen) atoms. The molecule has 4 rings (SSSR count). The number of nitrogens with one attached hydrogen (secondary N) is 1. The van der Waals surface area contributed by atoms with Crippen LogP contribution in [0.2, 0.25) is 0 Å². The van der Waals surface area contributed by atoms with Crippen LogP contribution in [0.25, 0.3) is 11.3 Å². The average Bonchev–Trinajstić information content (AvgIpc) is 3.40. The molecule has 1 N–H and O–H groups in total. The standard InChI is InChI=1S/C27H35N3O2/c1-4-6-13-23-24(28-29(3)27(23)22-11-9-8-10-12-22)19-30(16-7-5-2)18-21-14-15-25-26(17-21)32-20-31-25/h8-12,14-15,17H,4-7,13,16,18-20H2,1-3H3/p+1. The third kappa shape index (κ3) is 5.16. The van der Waals surface area contributed by atoms with Gasteiger partial charge in [0.2, 0.25) is 12.5 Å². The lowest BCUT2D eigenvalue weighted by Crippen LogP contribution is -2.33. The lowest BCUT2D eigenvalue weighted by atomic mass is 10.0.